The molecule has 1 unspecified atom stereocenters. The standard InChI is InChI=1S/C3H10OP2.Y/c1-4-3-6(2)5;/h5-6H,3H2,1-2H3;. The Kier molecular flexibility index (Phi) is 12.9. The molecule has 0 aromatic heterocycles. The molecule has 0 bridgehead atoms. The van der Waals surface area contributed by atoms with Crippen molar-refractivity contribution in [2.24, 2.45) is 0 Å². The molecule has 1 nitrogen and oxygen atoms in total. The Morgan fingerprint density at radius 2 is 2.14 bits per heavy atom. The summed E-state index contributed by atoms with van der Waals surface area (Å²) in [4.78, 5) is 0. The molecule has 0 aliphatic carbocycles. The van der Waals surface area contributed by atoms with Crippen molar-refractivity contribution in [3.05, 3.63) is 0 Å². The van der Waals surface area contributed by atoms with E-state index in [0.717, 1.165) is 6.35 Å². The second-order valence-electron chi connectivity index (χ2n) is 1.21. The smallest absolute Gasteiger partial charge is 0.0659 e. The average Bonchev–Trinajstić information content (AvgIpc) is 1.35. The van der Waals surface area contributed by atoms with Crippen LogP contribution in [0.5, 0.6) is 0 Å². The first-order valence-electron chi connectivity index (χ1n) is 1.80. The average molecular weight is 213 g/mol. The van der Waals surface area contributed by atoms with Crippen molar-refractivity contribution >= 4 is 15.7 Å². The van der Waals surface area contributed by atoms with Crippen LogP contribution in [-0.2, 0) is 37.4 Å². The van der Waals surface area contributed by atoms with Crippen LogP contribution >= 0.6 is 15.7 Å². The van der Waals surface area contributed by atoms with Crippen LogP contribution in [0.1, 0.15) is 0 Å². The molecule has 0 aromatic carbocycles. The molecule has 0 spiro atoms. The van der Waals surface area contributed by atoms with Crippen molar-refractivity contribution in [2.45, 2.75) is 0 Å². The first-order chi connectivity index (χ1) is 2.77. The molecule has 4 heteroatoms. The van der Waals surface area contributed by atoms with Crippen LogP contribution in [0.25, 0.3) is 0 Å². The fourth-order valence-electron chi connectivity index (χ4n) is 0.217. The van der Waals surface area contributed by atoms with E-state index in [1.54, 1.807) is 7.11 Å². The molecule has 41 valence electrons. The van der Waals surface area contributed by atoms with Crippen LogP contribution in [0, 0.1) is 0 Å². The van der Waals surface area contributed by atoms with Gasteiger partial charge in [-0.05, 0) is 6.66 Å². The maximum absolute atomic E-state index is 4.80. The van der Waals surface area contributed by atoms with Crippen LogP contribution in [0.15, 0.2) is 0 Å². The number of rotatable bonds is 2. The molecule has 0 aliphatic heterocycles. The predicted octanol–water partition coefficient (Wildman–Crippen LogP) is 1.49. The number of ether oxygens (including phenoxy) is 1. The van der Waals surface area contributed by atoms with Gasteiger partial charge in [-0.1, -0.05) is 7.21 Å². The monoisotopic (exact) mass is 213 g/mol. The molecule has 0 aliphatic rings. The number of hydrogen-bond donors (Lipinski definition) is 0. The van der Waals surface area contributed by atoms with Gasteiger partial charge in [-0.3, -0.25) is 0 Å². The Balaban J connectivity index is 0. The molecule has 7 heavy (non-hydrogen) atoms. The van der Waals surface area contributed by atoms with Crippen LogP contribution in [0.2, 0.25) is 0 Å². The zero-order valence-corrected chi connectivity index (χ0v) is 9.53. The molecule has 1 atom stereocenters. The minimum atomic E-state index is -0.302. The van der Waals surface area contributed by atoms with E-state index in [-0.39, 0.29) is 39.9 Å². The maximum atomic E-state index is 4.80. The molecular weight excluding hydrogens is 203 g/mol. The Bertz CT molecular complexity index is 56.9. The summed E-state index contributed by atoms with van der Waals surface area (Å²) in [5, 5.41) is 0. The van der Waals surface area contributed by atoms with Gasteiger partial charge >= 0.3 is 0 Å². The third-order valence-electron chi connectivity index (χ3n) is 0.361. The molecule has 1 radical (unpaired) electrons. The zero-order valence-electron chi connectivity index (χ0n) is 4.69. The van der Waals surface area contributed by atoms with Crippen molar-refractivity contribution in [1.29, 1.82) is 0 Å². The third-order valence-corrected chi connectivity index (χ3v) is 1.52. The Hall–Kier alpha value is 1.79. The predicted molar refractivity (Wildman–Crippen MR) is 34.4 cm³/mol. The fraction of sp³-hybridized carbons (Fsp3) is 1.00. The topological polar surface area (TPSA) is 9.23 Å². The van der Waals surface area contributed by atoms with E-state index in [0.29, 0.717) is 0 Å². The van der Waals surface area contributed by atoms with Crippen LogP contribution < -0.4 is 0 Å². The van der Waals surface area contributed by atoms with E-state index >= 15 is 0 Å². The van der Waals surface area contributed by atoms with Crippen molar-refractivity contribution < 1.29 is 37.4 Å². The first-order valence-corrected chi connectivity index (χ1v) is 5.51. The van der Waals surface area contributed by atoms with Gasteiger partial charge in [0, 0.05) is 39.8 Å². The summed E-state index contributed by atoms with van der Waals surface area (Å²) in [6.45, 7) is 2.14. The molecule has 0 aromatic rings. The second-order valence-corrected chi connectivity index (χ2v) is 5.62. The third kappa shape index (κ3) is 11.4. The largest absolute Gasteiger partial charge is 0.380 e. The summed E-state index contributed by atoms with van der Waals surface area (Å²) in [6, 6.07) is 0. The number of methoxy groups -OCH3 is 1. The second kappa shape index (κ2) is 7.79. The van der Waals surface area contributed by atoms with Gasteiger partial charge in [-0.25, -0.2) is 0 Å². The Labute approximate surface area is 72.9 Å². The fourth-order valence-corrected chi connectivity index (χ4v) is 1.08. The van der Waals surface area contributed by atoms with E-state index in [2.05, 4.69) is 15.2 Å². The van der Waals surface area contributed by atoms with Crippen molar-refractivity contribution in [3.8, 4) is 0 Å². The van der Waals surface area contributed by atoms with Crippen LogP contribution in [0.4, 0.5) is 0 Å². The van der Waals surface area contributed by atoms with Crippen LogP contribution in [-0.4, -0.2) is 20.1 Å². The van der Waals surface area contributed by atoms with Gasteiger partial charge in [0.2, 0.25) is 0 Å². The van der Waals surface area contributed by atoms with Crippen molar-refractivity contribution in [3.63, 3.8) is 0 Å². The SMILES string of the molecule is COC[PH](C)=P.[Y]. The van der Waals surface area contributed by atoms with Gasteiger partial charge in [0.15, 0.2) is 0 Å². The van der Waals surface area contributed by atoms with Crippen molar-refractivity contribution in [1.82, 2.24) is 0 Å². The summed E-state index contributed by atoms with van der Waals surface area (Å²) in [5.74, 6) is 0. The van der Waals surface area contributed by atoms with E-state index in [1.165, 1.54) is 0 Å². The quantitative estimate of drug-likeness (QED) is 0.631. The Morgan fingerprint density at radius 1 is 1.71 bits per heavy atom. The molecule has 0 N–H and O–H groups in total. The molecular formula is C3H10OP2Y. The van der Waals surface area contributed by atoms with Gasteiger partial charge < -0.3 is 4.74 Å². The van der Waals surface area contributed by atoms with Crippen molar-refractivity contribution in [2.75, 3.05) is 20.1 Å². The maximum Gasteiger partial charge on any atom is 0.0659 e. The van der Waals surface area contributed by atoms with E-state index < -0.39 is 0 Å². The summed E-state index contributed by atoms with van der Waals surface area (Å²) >= 11 is 0. The summed E-state index contributed by atoms with van der Waals surface area (Å²) < 4.78 is 4.80. The zero-order chi connectivity index (χ0) is 4.99. The molecule has 0 saturated heterocycles. The van der Waals surface area contributed by atoms with Gasteiger partial charge in [0.1, 0.15) is 0 Å². The van der Waals surface area contributed by atoms with E-state index in [1.807, 2.05) is 0 Å². The number of hydrogen-bond acceptors (Lipinski definition) is 1. The normalized spacial score (nSPS) is 12.3. The van der Waals surface area contributed by atoms with Gasteiger partial charge in [-0.2, -0.15) is 0 Å². The molecule has 0 rings (SSSR count). The van der Waals surface area contributed by atoms with Gasteiger partial charge in [0.25, 0.3) is 0 Å². The summed E-state index contributed by atoms with van der Waals surface area (Å²) in [5.41, 5.74) is 0. The van der Waals surface area contributed by atoms with E-state index in [4.69, 9.17) is 4.74 Å². The van der Waals surface area contributed by atoms with Gasteiger partial charge in [0.05, 0.1) is 6.35 Å². The van der Waals surface area contributed by atoms with Crippen LogP contribution in [0.3, 0.4) is 0 Å². The summed E-state index contributed by atoms with van der Waals surface area (Å²) in [7, 11) is 4.87. The minimum Gasteiger partial charge on any atom is -0.380 e. The minimum absolute atomic E-state index is 0. The molecule has 0 saturated carbocycles. The van der Waals surface area contributed by atoms with E-state index in [9.17, 15) is 0 Å². The van der Waals surface area contributed by atoms with Gasteiger partial charge in [-0.15, -0.1) is 8.53 Å². The summed E-state index contributed by atoms with van der Waals surface area (Å²) in [6.07, 6.45) is 0.890. The molecule has 0 amide bonds. The molecule has 0 heterocycles. The first kappa shape index (κ1) is 11.6. The molecule has 0 fully saturated rings. The Morgan fingerprint density at radius 3 is 2.14 bits per heavy atom.